The van der Waals surface area contributed by atoms with E-state index in [1.165, 1.54) is 53.4 Å². The first-order valence-electron chi connectivity index (χ1n) is 8.60. The molecule has 2 aromatic carbocycles. The van der Waals surface area contributed by atoms with Crippen LogP contribution >= 0.6 is 46.3 Å². The van der Waals surface area contributed by atoms with Gasteiger partial charge >= 0.3 is 0 Å². The Morgan fingerprint density at radius 1 is 1.13 bits per heavy atom. The summed E-state index contributed by atoms with van der Waals surface area (Å²) in [6.07, 6.45) is 0. The van der Waals surface area contributed by atoms with Crippen LogP contribution in [-0.2, 0) is 14.8 Å². The number of amides is 1. The first kappa shape index (κ1) is 22.8. The van der Waals surface area contributed by atoms with E-state index in [1.54, 1.807) is 18.2 Å². The van der Waals surface area contributed by atoms with Crippen molar-refractivity contribution in [1.82, 2.24) is 10.2 Å². The number of hydrogen-bond acceptors (Lipinski definition) is 7. The van der Waals surface area contributed by atoms with Crippen molar-refractivity contribution in [3.8, 4) is 0 Å². The third-order valence-corrected chi connectivity index (χ3v) is 8.11. The average Bonchev–Trinajstić information content (AvgIpc) is 3.16. The maximum absolute atomic E-state index is 13.2. The van der Waals surface area contributed by atoms with Gasteiger partial charge in [-0.25, -0.2) is 8.42 Å². The highest BCUT2D eigenvalue weighted by Gasteiger charge is 2.28. The van der Waals surface area contributed by atoms with E-state index in [-0.39, 0.29) is 20.6 Å². The number of thioether (sulfide) groups is 1. The molecule has 0 unspecified atom stereocenters. The molecule has 0 aliphatic carbocycles. The zero-order valence-electron chi connectivity index (χ0n) is 15.6. The van der Waals surface area contributed by atoms with Crippen LogP contribution in [0.25, 0.3) is 0 Å². The Morgan fingerprint density at radius 2 is 1.87 bits per heavy atom. The van der Waals surface area contributed by atoms with Crippen molar-refractivity contribution in [3.63, 3.8) is 0 Å². The molecule has 7 nitrogen and oxygen atoms in total. The number of sulfonamides is 1. The molecule has 0 saturated carbocycles. The van der Waals surface area contributed by atoms with Crippen molar-refractivity contribution in [2.75, 3.05) is 21.9 Å². The maximum atomic E-state index is 13.2. The molecular weight excluding hydrogens is 487 g/mol. The fourth-order valence-corrected chi connectivity index (χ4v) is 5.80. The van der Waals surface area contributed by atoms with Crippen LogP contribution in [0.2, 0.25) is 10.0 Å². The van der Waals surface area contributed by atoms with Crippen molar-refractivity contribution in [1.29, 1.82) is 0 Å². The molecule has 0 bridgehead atoms. The lowest BCUT2D eigenvalue weighted by molar-refractivity contribution is -0.114. The SMILES string of the molecule is CCSc1nnc(NC(=O)CN(c2ccc(Cl)c(Cl)c2)S(=O)(=O)c2ccccc2)s1. The quantitative estimate of drug-likeness (QED) is 0.351. The highest BCUT2D eigenvalue weighted by molar-refractivity contribution is 8.01. The van der Waals surface area contributed by atoms with Crippen molar-refractivity contribution in [2.45, 2.75) is 16.2 Å². The summed E-state index contributed by atoms with van der Waals surface area (Å²) in [5.74, 6) is 0.257. The lowest BCUT2D eigenvalue weighted by Crippen LogP contribution is -2.38. The second-order valence-corrected chi connectivity index (χ2v) is 10.9. The van der Waals surface area contributed by atoms with Gasteiger partial charge < -0.3 is 0 Å². The summed E-state index contributed by atoms with van der Waals surface area (Å²) in [6.45, 7) is 1.50. The molecule has 0 atom stereocenters. The van der Waals surface area contributed by atoms with Gasteiger partial charge in [-0.15, -0.1) is 10.2 Å². The molecule has 0 aliphatic heterocycles. The van der Waals surface area contributed by atoms with Crippen LogP contribution in [0.1, 0.15) is 6.92 Å². The zero-order chi connectivity index (χ0) is 21.7. The molecule has 0 saturated heterocycles. The predicted octanol–water partition coefficient (Wildman–Crippen LogP) is 4.79. The summed E-state index contributed by atoms with van der Waals surface area (Å²) < 4.78 is 28.2. The third kappa shape index (κ3) is 5.44. The number of nitrogens with one attached hydrogen (secondary N) is 1. The van der Waals surface area contributed by atoms with Gasteiger partial charge in [0, 0.05) is 0 Å². The minimum atomic E-state index is -4.04. The fraction of sp³-hybridized carbons (Fsp3) is 0.167. The molecule has 12 heteroatoms. The molecular formula is C18H16Cl2N4O3S3. The third-order valence-electron chi connectivity index (χ3n) is 3.73. The number of hydrogen-bond donors (Lipinski definition) is 1. The van der Waals surface area contributed by atoms with Gasteiger partial charge in [-0.2, -0.15) is 0 Å². The highest BCUT2D eigenvalue weighted by atomic mass is 35.5. The highest BCUT2D eigenvalue weighted by Crippen LogP contribution is 2.31. The largest absolute Gasteiger partial charge is 0.299 e. The van der Waals surface area contributed by atoms with Crippen LogP contribution in [0.3, 0.4) is 0 Å². The number of aromatic nitrogens is 2. The Balaban J connectivity index is 1.90. The number of halogens is 2. The van der Waals surface area contributed by atoms with Crippen LogP contribution in [0, 0.1) is 0 Å². The summed E-state index contributed by atoms with van der Waals surface area (Å²) in [6, 6.07) is 12.2. The molecule has 1 amide bonds. The van der Waals surface area contributed by atoms with E-state index in [9.17, 15) is 13.2 Å². The van der Waals surface area contributed by atoms with Gasteiger partial charge in [0.2, 0.25) is 11.0 Å². The molecule has 3 aromatic rings. The number of nitrogens with zero attached hydrogens (tertiary/aromatic N) is 3. The molecule has 3 rings (SSSR count). The minimum Gasteiger partial charge on any atom is -0.299 e. The molecule has 1 heterocycles. The molecule has 0 radical (unpaired) electrons. The average molecular weight is 503 g/mol. The Morgan fingerprint density at radius 3 is 2.53 bits per heavy atom. The van der Waals surface area contributed by atoms with Gasteiger partial charge in [0.15, 0.2) is 4.34 Å². The monoisotopic (exact) mass is 502 g/mol. The Hall–Kier alpha value is -1.85. The van der Waals surface area contributed by atoms with Crippen molar-refractivity contribution >= 4 is 73.0 Å². The van der Waals surface area contributed by atoms with Crippen LogP contribution in [0.5, 0.6) is 0 Å². The van der Waals surface area contributed by atoms with E-state index in [2.05, 4.69) is 15.5 Å². The predicted molar refractivity (Wildman–Crippen MR) is 122 cm³/mol. The van der Waals surface area contributed by atoms with E-state index in [1.807, 2.05) is 6.92 Å². The van der Waals surface area contributed by atoms with E-state index in [4.69, 9.17) is 23.2 Å². The van der Waals surface area contributed by atoms with Crippen LogP contribution < -0.4 is 9.62 Å². The molecule has 30 heavy (non-hydrogen) atoms. The molecule has 0 aliphatic rings. The van der Waals surface area contributed by atoms with Crippen molar-refractivity contribution in [2.24, 2.45) is 0 Å². The number of rotatable bonds is 8. The zero-order valence-corrected chi connectivity index (χ0v) is 19.5. The minimum absolute atomic E-state index is 0.0430. The summed E-state index contributed by atoms with van der Waals surface area (Å²) in [4.78, 5) is 12.7. The van der Waals surface area contributed by atoms with Gasteiger partial charge in [0.25, 0.3) is 10.0 Å². The number of benzene rings is 2. The van der Waals surface area contributed by atoms with E-state index in [0.29, 0.717) is 9.47 Å². The van der Waals surface area contributed by atoms with Gasteiger partial charge in [-0.3, -0.25) is 14.4 Å². The lowest BCUT2D eigenvalue weighted by atomic mass is 10.3. The molecule has 1 aromatic heterocycles. The Kier molecular flexibility index (Phi) is 7.59. The first-order valence-corrected chi connectivity index (χ1v) is 12.6. The summed E-state index contributed by atoms with van der Waals surface area (Å²) in [7, 11) is -4.04. The van der Waals surface area contributed by atoms with E-state index < -0.39 is 22.5 Å². The standard InChI is InChI=1S/C18H16Cl2N4O3S3/c1-2-28-18-23-22-17(29-18)21-16(25)11-24(12-8-9-14(19)15(20)10-12)30(26,27)13-6-4-3-5-7-13/h3-10H,2,11H2,1H3,(H,21,22,25). The Labute approximate surface area is 192 Å². The van der Waals surface area contributed by atoms with E-state index >= 15 is 0 Å². The molecule has 1 N–H and O–H groups in total. The van der Waals surface area contributed by atoms with Gasteiger partial charge in [0.1, 0.15) is 6.54 Å². The van der Waals surface area contributed by atoms with Crippen molar-refractivity contribution < 1.29 is 13.2 Å². The van der Waals surface area contributed by atoms with Crippen LogP contribution in [-0.4, -0.2) is 36.8 Å². The normalized spacial score (nSPS) is 11.3. The summed E-state index contributed by atoms with van der Waals surface area (Å²) in [5.41, 5.74) is 0.211. The summed E-state index contributed by atoms with van der Waals surface area (Å²) >= 11 is 14.8. The van der Waals surface area contributed by atoms with Gasteiger partial charge in [-0.05, 0) is 36.1 Å². The second kappa shape index (κ2) is 9.97. The van der Waals surface area contributed by atoms with Gasteiger partial charge in [-0.1, -0.05) is 71.4 Å². The topological polar surface area (TPSA) is 92.3 Å². The lowest BCUT2D eigenvalue weighted by Gasteiger charge is -2.24. The number of carbonyl (C=O) groups is 1. The van der Waals surface area contributed by atoms with Crippen molar-refractivity contribution in [3.05, 3.63) is 58.6 Å². The second-order valence-electron chi connectivity index (χ2n) is 5.78. The smallest absolute Gasteiger partial charge is 0.264 e. The number of carbonyl (C=O) groups excluding carboxylic acids is 1. The molecule has 0 spiro atoms. The summed E-state index contributed by atoms with van der Waals surface area (Å²) in [5, 5.41) is 11.2. The fourth-order valence-electron chi connectivity index (χ4n) is 2.41. The van der Waals surface area contributed by atoms with Gasteiger partial charge in [0.05, 0.1) is 20.6 Å². The molecule has 0 fully saturated rings. The molecule has 158 valence electrons. The maximum Gasteiger partial charge on any atom is 0.264 e. The van der Waals surface area contributed by atoms with E-state index in [0.717, 1.165) is 10.1 Å². The van der Waals surface area contributed by atoms with Crippen LogP contribution in [0.15, 0.2) is 57.8 Å². The Bertz CT molecular complexity index is 1140. The first-order chi connectivity index (χ1) is 14.3. The van der Waals surface area contributed by atoms with Crippen LogP contribution in [0.4, 0.5) is 10.8 Å². The number of anilines is 2.